The lowest BCUT2D eigenvalue weighted by atomic mass is 10.3. The van der Waals surface area contributed by atoms with Crippen LogP contribution in [0.15, 0.2) is 10.3 Å². The third-order valence-corrected chi connectivity index (χ3v) is 0.636. The zero-order chi connectivity index (χ0) is 7.98. The van der Waals surface area contributed by atoms with E-state index in [2.05, 4.69) is 10.3 Å². The van der Waals surface area contributed by atoms with Crippen LogP contribution >= 0.6 is 0 Å². The maximum absolute atomic E-state index is 8.07. The minimum atomic E-state index is -0.620. The van der Waals surface area contributed by atoms with Crippen molar-refractivity contribution < 1.29 is 10.4 Å². The molecule has 0 spiro atoms. The van der Waals surface area contributed by atoms with E-state index in [4.69, 9.17) is 20.9 Å². The van der Waals surface area contributed by atoms with Crippen LogP contribution in [0.25, 0.3) is 0 Å². The average molecular weight is 138 g/mol. The summed E-state index contributed by atoms with van der Waals surface area (Å²) in [6.07, 6.45) is 0. The molecule has 0 amide bonds. The Kier molecular flexibility index (Phi) is 3.06. The second-order valence-corrected chi connectivity index (χ2v) is 1.12. The second kappa shape index (κ2) is 3.87. The highest BCUT2D eigenvalue weighted by Gasteiger charge is 2.07. The Morgan fingerprint density at radius 2 is 1.30 bits per heavy atom. The van der Waals surface area contributed by atoms with Gasteiger partial charge >= 0.3 is 0 Å². The fourth-order valence-corrected chi connectivity index (χ4v) is 0.245. The lowest BCUT2D eigenvalue weighted by molar-refractivity contribution is 0.315. The van der Waals surface area contributed by atoms with E-state index in [1.807, 2.05) is 0 Å². The highest BCUT2D eigenvalue weighted by molar-refractivity contribution is 6.53. The van der Waals surface area contributed by atoms with Crippen LogP contribution in [0.3, 0.4) is 0 Å². The first-order chi connectivity index (χ1) is 4.79. The predicted octanol–water partition coefficient (Wildman–Crippen LogP) is -0.306. The lowest BCUT2D eigenvalue weighted by Gasteiger charge is -1.83. The molecule has 0 fully saturated rings. The first-order valence-corrected chi connectivity index (χ1v) is 2.04. The molecule has 0 saturated carbocycles. The minimum Gasteiger partial charge on any atom is -0.410 e. The Labute approximate surface area is 55.9 Å². The maximum Gasteiger partial charge on any atom is 0.219 e. The first-order valence-electron chi connectivity index (χ1n) is 2.04. The van der Waals surface area contributed by atoms with E-state index >= 15 is 0 Å². The van der Waals surface area contributed by atoms with Gasteiger partial charge in [0.15, 0.2) is 0 Å². The number of hydrogen-bond donors (Lipinski definition) is 2. The van der Waals surface area contributed by atoms with Gasteiger partial charge in [-0.2, -0.15) is 10.5 Å². The van der Waals surface area contributed by atoms with Crippen molar-refractivity contribution >= 4 is 11.4 Å². The summed E-state index contributed by atoms with van der Waals surface area (Å²) in [5.74, 6) is 0. The Bertz CT molecular complexity index is 225. The van der Waals surface area contributed by atoms with Crippen LogP contribution < -0.4 is 0 Å². The summed E-state index contributed by atoms with van der Waals surface area (Å²) in [5, 5.41) is 36.9. The van der Waals surface area contributed by atoms with Crippen molar-refractivity contribution in [3.05, 3.63) is 0 Å². The molecule has 0 unspecified atom stereocenters. The van der Waals surface area contributed by atoms with Crippen LogP contribution in [-0.4, -0.2) is 21.8 Å². The largest absolute Gasteiger partial charge is 0.410 e. The van der Waals surface area contributed by atoms with Gasteiger partial charge in [-0.1, -0.05) is 10.3 Å². The molecule has 0 aromatic carbocycles. The zero-order valence-electron chi connectivity index (χ0n) is 4.68. The number of nitrogens with zero attached hydrogens (tertiary/aromatic N) is 4. The van der Waals surface area contributed by atoms with E-state index in [9.17, 15) is 0 Å². The van der Waals surface area contributed by atoms with Crippen LogP contribution in [-0.2, 0) is 0 Å². The van der Waals surface area contributed by atoms with E-state index < -0.39 is 11.4 Å². The molecule has 10 heavy (non-hydrogen) atoms. The fraction of sp³-hybridized carbons (Fsp3) is 0. The van der Waals surface area contributed by atoms with Crippen molar-refractivity contribution in [2.24, 2.45) is 10.3 Å². The monoisotopic (exact) mass is 138 g/mol. The van der Waals surface area contributed by atoms with E-state index in [0.29, 0.717) is 0 Å². The molecule has 6 heteroatoms. The summed E-state index contributed by atoms with van der Waals surface area (Å²) in [6, 6.07) is 2.68. The molecule has 0 heterocycles. The molecule has 0 aliphatic carbocycles. The first kappa shape index (κ1) is 7.92. The molecule has 0 aliphatic rings. The molecule has 0 saturated heterocycles. The summed E-state index contributed by atoms with van der Waals surface area (Å²) < 4.78 is 0. The Balaban J connectivity index is 4.70. The van der Waals surface area contributed by atoms with Crippen LogP contribution in [0, 0.1) is 22.7 Å². The normalized spacial score (nSPS) is 11.8. The highest BCUT2D eigenvalue weighted by Crippen LogP contribution is 1.80. The van der Waals surface area contributed by atoms with Crippen molar-refractivity contribution in [1.29, 1.82) is 10.5 Å². The van der Waals surface area contributed by atoms with Crippen molar-refractivity contribution in [3.63, 3.8) is 0 Å². The number of rotatable bonds is 1. The van der Waals surface area contributed by atoms with Gasteiger partial charge in [0.2, 0.25) is 11.4 Å². The van der Waals surface area contributed by atoms with E-state index in [1.54, 1.807) is 0 Å². The SMILES string of the molecule is N#CC(=NO)C(C#N)=NO. The minimum absolute atomic E-state index is 0.620. The third-order valence-electron chi connectivity index (χ3n) is 0.636. The van der Waals surface area contributed by atoms with Crippen LogP contribution in [0.4, 0.5) is 0 Å². The van der Waals surface area contributed by atoms with Gasteiger partial charge in [0.05, 0.1) is 0 Å². The molecular weight excluding hydrogens is 136 g/mol. The highest BCUT2D eigenvalue weighted by atomic mass is 16.4. The van der Waals surface area contributed by atoms with Gasteiger partial charge in [-0.15, -0.1) is 0 Å². The van der Waals surface area contributed by atoms with Gasteiger partial charge in [0, 0.05) is 0 Å². The molecule has 0 rings (SSSR count). The van der Waals surface area contributed by atoms with Gasteiger partial charge in [0.1, 0.15) is 12.1 Å². The molecule has 0 radical (unpaired) electrons. The van der Waals surface area contributed by atoms with Crippen molar-refractivity contribution in [3.8, 4) is 12.1 Å². The number of hydrogen-bond acceptors (Lipinski definition) is 6. The van der Waals surface area contributed by atoms with E-state index in [0.717, 1.165) is 0 Å². The molecule has 2 N–H and O–H groups in total. The predicted molar refractivity (Wildman–Crippen MR) is 29.7 cm³/mol. The smallest absolute Gasteiger partial charge is 0.219 e. The Morgan fingerprint density at radius 3 is 1.40 bits per heavy atom. The maximum atomic E-state index is 8.07. The molecule has 0 atom stereocenters. The standard InChI is InChI=1S/C4H2N4O2/c5-1-3(7-9)4(2-6)8-10/h9-10H. The molecule has 50 valence electrons. The summed E-state index contributed by atoms with van der Waals surface area (Å²) in [4.78, 5) is 0. The van der Waals surface area contributed by atoms with Crippen molar-refractivity contribution in [1.82, 2.24) is 0 Å². The van der Waals surface area contributed by atoms with Crippen molar-refractivity contribution in [2.75, 3.05) is 0 Å². The van der Waals surface area contributed by atoms with E-state index in [1.165, 1.54) is 12.1 Å². The molecule has 0 aromatic rings. The van der Waals surface area contributed by atoms with Crippen molar-refractivity contribution in [2.45, 2.75) is 0 Å². The lowest BCUT2D eigenvalue weighted by Crippen LogP contribution is -2.09. The zero-order valence-corrected chi connectivity index (χ0v) is 4.68. The van der Waals surface area contributed by atoms with E-state index in [-0.39, 0.29) is 0 Å². The number of nitriles is 2. The molecule has 6 nitrogen and oxygen atoms in total. The second-order valence-electron chi connectivity index (χ2n) is 1.12. The van der Waals surface area contributed by atoms with Crippen LogP contribution in [0.5, 0.6) is 0 Å². The van der Waals surface area contributed by atoms with Gasteiger partial charge in [-0.05, 0) is 0 Å². The third kappa shape index (κ3) is 1.46. The summed E-state index contributed by atoms with van der Waals surface area (Å²) in [5.41, 5.74) is -1.24. The van der Waals surface area contributed by atoms with Crippen LogP contribution in [0.1, 0.15) is 0 Å². The van der Waals surface area contributed by atoms with Gasteiger partial charge in [-0.3, -0.25) is 0 Å². The van der Waals surface area contributed by atoms with Gasteiger partial charge in [0.25, 0.3) is 0 Å². The molecule has 0 aromatic heterocycles. The summed E-state index contributed by atoms with van der Waals surface area (Å²) in [6.45, 7) is 0. The topological polar surface area (TPSA) is 113 Å². The quantitative estimate of drug-likeness (QED) is 0.294. The summed E-state index contributed by atoms with van der Waals surface area (Å²) >= 11 is 0. The fourth-order valence-electron chi connectivity index (χ4n) is 0.245. The Morgan fingerprint density at radius 1 is 1.00 bits per heavy atom. The average Bonchev–Trinajstić information content (AvgIpc) is 2.00. The van der Waals surface area contributed by atoms with Crippen LogP contribution in [0.2, 0.25) is 0 Å². The molecule has 0 bridgehead atoms. The van der Waals surface area contributed by atoms with Gasteiger partial charge in [-0.25, -0.2) is 0 Å². The number of oxime groups is 2. The molecule has 0 aliphatic heterocycles. The molecular formula is C4H2N4O2. The summed E-state index contributed by atoms with van der Waals surface area (Å²) in [7, 11) is 0. The van der Waals surface area contributed by atoms with Gasteiger partial charge < -0.3 is 10.4 Å². The Hall–Kier alpha value is -2.08.